The van der Waals surface area contributed by atoms with Crippen molar-refractivity contribution in [3.05, 3.63) is 29.3 Å². The molecule has 8 N–H and O–H groups in total. The highest BCUT2D eigenvalue weighted by Gasteiger charge is 2.44. The third-order valence-electron chi connectivity index (χ3n) is 5.69. The molecular formula is C21H28O11. The van der Waals surface area contributed by atoms with Crippen LogP contribution >= 0.6 is 0 Å². The summed E-state index contributed by atoms with van der Waals surface area (Å²) in [7, 11) is 1.38. The molecule has 3 rings (SSSR count). The van der Waals surface area contributed by atoms with Gasteiger partial charge in [-0.1, -0.05) is 17.9 Å². The van der Waals surface area contributed by atoms with Gasteiger partial charge < -0.3 is 55.1 Å². The molecule has 0 bridgehead atoms. The van der Waals surface area contributed by atoms with Crippen molar-refractivity contribution in [1.82, 2.24) is 0 Å². The van der Waals surface area contributed by atoms with E-state index < -0.39 is 74.3 Å². The van der Waals surface area contributed by atoms with Gasteiger partial charge in [-0.15, -0.1) is 0 Å². The predicted octanol–water partition coefficient (Wildman–Crippen LogP) is -3.60. The van der Waals surface area contributed by atoms with Gasteiger partial charge in [0.2, 0.25) is 0 Å². The minimum atomic E-state index is -1.55. The van der Waals surface area contributed by atoms with E-state index in [9.17, 15) is 40.9 Å². The summed E-state index contributed by atoms with van der Waals surface area (Å²) < 4.78 is 16.2. The number of benzene rings is 1. The fraction of sp³-hybridized carbons (Fsp3) is 0.619. The Labute approximate surface area is 184 Å². The van der Waals surface area contributed by atoms with E-state index in [1.165, 1.54) is 19.2 Å². The van der Waals surface area contributed by atoms with Gasteiger partial charge in [0.05, 0.1) is 25.9 Å². The van der Waals surface area contributed by atoms with Crippen molar-refractivity contribution in [2.45, 2.75) is 61.0 Å². The topological polar surface area (TPSA) is 190 Å². The molecule has 2 heterocycles. The Morgan fingerprint density at radius 1 is 0.812 bits per heavy atom. The molecule has 32 heavy (non-hydrogen) atoms. The molecule has 2 aliphatic rings. The maximum Gasteiger partial charge on any atom is 0.147 e. The maximum absolute atomic E-state index is 10.3. The van der Waals surface area contributed by atoms with E-state index in [2.05, 4.69) is 11.8 Å². The number of rotatable bonds is 4. The zero-order valence-electron chi connectivity index (χ0n) is 17.2. The molecule has 1 aromatic rings. The summed E-state index contributed by atoms with van der Waals surface area (Å²) in [6, 6.07) is 4.59. The van der Waals surface area contributed by atoms with Crippen molar-refractivity contribution in [2.24, 2.45) is 0 Å². The first-order valence-electron chi connectivity index (χ1n) is 10.0. The zero-order chi connectivity index (χ0) is 23.6. The summed E-state index contributed by atoms with van der Waals surface area (Å²) in [5, 5.41) is 78.7. The Hall–Kier alpha value is -1.82. The van der Waals surface area contributed by atoms with Gasteiger partial charge in [-0.2, -0.15) is 0 Å². The van der Waals surface area contributed by atoms with E-state index in [1.807, 2.05) is 0 Å². The van der Waals surface area contributed by atoms with E-state index in [1.54, 1.807) is 6.07 Å². The van der Waals surface area contributed by atoms with Crippen molar-refractivity contribution in [3.63, 3.8) is 0 Å². The lowest BCUT2D eigenvalue weighted by Gasteiger charge is -2.40. The monoisotopic (exact) mass is 456 g/mol. The van der Waals surface area contributed by atoms with Crippen molar-refractivity contribution in [1.29, 1.82) is 0 Å². The van der Waals surface area contributed by atoms with E-state index in [0.29, 0.717) is 11.1 Å². The lowest BCUT2D eigenvalue weighted by Crippen LogP contribution is -2.58. The van der Waals surface area contributed by atoms with Gasteiger partial charge in [0.1, 0.15) is 66.8 Å². The fourth-order valence-corrected chi connectivity index (χ4v) is 3.73. The molecule has 1 aromatic carbocycles. The summed E-state index contributed by atoms with van der Waals surface area (Å²) in [6.45, 7) is -1.12. The molecule has 0 amide bonds. The van der Waals surface area contributed by atoms with E-state index >= 15 is 0 Å². The summed E-state index contributed by atoms with van der Waals surface area (Å²) in [6.07, 6.45) is -13.4. The van der Waals surface area contributed by atoms with Crippen LogP contribution in [0.25, 0.3) is 0 Å². The van der Waals surface area contributed by atoms with Crippen LogP contribution in [0.15, 0.2) is 18.2 Å². The standard InChI is InChI=1S/C21H28O11/c1-30-12-6-10(21-20(29)19(28)17(26)14(8-23)32-21)3-2-9(12)4-5-11-15(24)18(27)16(25)13(7-22)31-11/h2-3,6,11,13-29H,7-8H2,1H3/t11-,13-,14-,15-,16-,17-,18-,19+,20+,21-/m1/s1. The molecule has 11 nitrogen and oxygen atoms in total. The van der Waals surface area contributed by atoms with Crippen LogP contribution < -0.4 is 4.74 Å². The SMILES string of the molecule is COc1cc([C@H]2O[C@H](CO)[C@@H](O)[C@H](O)[C@@H]2O)ccc1C#C[C@H]1O[C@H](CO)[C@@H](O)[C@H](O)[C@@H]1O. The molecule has 2 saturated heterocycles. The fourth-order valence-electron chi connectivity index (χ4n) is 3.73. The lowest BCUT2D eigenvalue weighted by atomic mass is 9.90. The summed E-state index contributed by atoms with van der Waals surface area (Å²) in [5.41, 5.74) is 0.759. The second-order valence-electron chi connectivity index (χ2n) is 7.73. The summed E-state index contributed by atoms with van der Waals surface area (Å²) >= 11 is 0. The van der Waals surface area contributed by atoms with Gasteiger partial charge in [-0.25, -0.2) is 0 Å². The highest BCUT2D eigenvalue weighted by molar-refractivity contribution is 5.49. The molecule has 178 valence electrons. The minimum Gasteiger partial charge on any atom is -0.495 e. The second-order valence-corrected chi connectivity index (χ2v) is 7.73. The predicted molar refractivity (Wildman–Crippen MR) is 106 cm³/mol. The third-order valence-corrected chi connectivity index (χ3v) is 5.69. The van der Waals surface area contributed by atoms with Crippen LogP contribution in [-0.4, -0.2) is 116 Å². The van der Waals surface area contributed by atoms with Gasteiger partial charge in [0.15, 0.2) is 0 Å². The molecule has 2 aliphatic heterocycles. The van der Waals surface area contributed by atoms with Crippen LogP contribution in [0.1, 0.15) is 17.2 Å². The van der Waals surface area contributed by atoms with Crippen LogP contribution in [-0.2, 0) is 9.47 Å². The van der Waals surface area contributed by atoms with Crippen LogP contribution in [0, 0.1) is 11.8 Å². The van der Waals surface area contributed by atoms with Crippen LogP contribution in [0.2, 0.25) is 0 Å². The number of methoxy groups -OCH3 is 1. The number of aliphatic hydroxyl groups excluding tert-OH is 8. The lowest BCUT2D eigenvalue weighted by molar-refractivity contribution is -0.231. The first kappa shape index (κ1) is 24.8. The molecule has 0 aromatic heterocycles. The Kier molecular flexibility index (Phi) is 8.07. The molecule has 10 atom stereocenters. The summed E-state index contributed by atoms with van der Waals surface area (Å²) in [5.74, 6) is 5.66. The summed E-state index contributed by atoms with van der Waals surface area (Å²) in [4.78, 5) is 0. The van der Waals surface area contributed by atoms with E-state index in [-0.39, 0.29) is 5.75 Å². The maximum atomic E-state index is 10.3. The van der Waals surface area contributed by atoms with Gasteiger partial charge in [-0.05, 0) is 17.7 Å². The Morgan fingerprint density at radius 3 is 2.00 bits per heavy atom. The van der Waals surface area contributed by atoms with Crippen LogP contribution in [0.4, 0.5) is 0 Å². The van der Waals surface area contributed by atoms with E-state index in [4.69, 9.17) is 14.2 Å². The quantitative estimate of drug-likeness (QED) is 0.209. The van der Waals surface area contributed by atoms with Crippen LogP contribution in [0.3, 0.4) is 0 Å². The largest absolute Gasteiger partial charge is 0.495 e. The number of hydrogen-bond donors (Lipinski definition) is 8. The average molecular weight is 456 g/mol. The van der Waals surface area contributed by atoms with Crippen molar-refractivity contribution < 1.29 is 55.1 Å². The van der Waals surface area contributed by atoms with Crippen molar-refractivity contribution in [3.8, 4) is 17.6 Å². The number of ether oxygens (including phenoxy) is 3. The first-order chi connectivity index (χ1) is 15.2. The number of aliphatic hydroxyl groups is 8. The Bertz CT molecular complexity index is 833. The molecule has 2 fully saturated rings. The van der Waals surface area contributed by atoms with Crippen molar-refractivity contribution >= 4 is 0 Å². The highest BCUT2D eigenvalue weighted by Crippen LogP contribution is 2.34. The minimum absolute atomic E-state index is 0.261. The van der Waals surface area contributed by atoms with Gasteiger partial charge in [0.25, 0.3) is 0 Å². The van der Waals surface area contributed by atoms with E-state index in [0.717, 1.165) is 0 Å². The number of hydrogen-bond acceptors (Lipinski definition) is 11. The Balaban J connectivity index is 1.84. The average Bonchev–Trinajstić information content (AvgIpc) is 2.81. The highest BCUT2D eigenvalue weighted by atomic mass is 16.6. The smallest absolute Gasteiger partial charge is 0.147 e. The van der Waals surface area contributed by atoms with Gasteiger partial charge >= 0.3 is 0 Å². The zero-order valence-corrected chi connectivity index (χ0v) is 17.2. The molecule has 0 saturated carbocycles. The normalized spacial score (nSPS) is 39.8. The van der Waals surface area contributed by atoms with Crippen LogP contribution in [0.5, 0.6) is 5.75 Å². The second kappa shape index (κ2) is 10.4. The third kappa shape index (κ3) is 4.75. The molecule has 0 spiro atoms. The molecule has 11 heteroatoms. The molecule has 0 unspecified atom stereocenters. The first-order valence-corrected chi connectivity index (χ1v) is 10.0. The molecule has 0 radical (unpaired) electrons. The molecule has 0 aliphatic carbocycles. The Morgan fingerprint density at radius 2 is 1.41 bits per heavy atom. The van der Waals surface area contributed by atoms with Gasteiger partial charge in [0, 0.05) is 0 Å². The van der Waals surface area contributed by atoms with Crippen molar-refractivity contribution in [2.75, 3.05) is 20.3 Å². The van der Waals surface area contributed by atoms with Gasteiger partial charge in [-0.3, -0.25) is 0 Å². The molecular weight excluding hydrogens is 428 g/mol.